The molecule has 19 heavy (non-hydrogen) atoms. The van der Waals surface area contributed by atoms with E-state index >= 15 is 0 Å². The zero-order chi connectivity index (χ0) is 13.8. The van der Waals surface area contributed by atoms with E-state index in [-0.39, 0.29) is 6.10 Å². The Bertz CT molecular complexity index is 583. The van der Waals surface area contributed by atoms with Gasteiger partial charge in [-0.25, -0.2) is 0 Å². The summed E-state index contributed by atoms with van der Waals surface area (Å²) in [7, 11) is 1.66. The summed E-state index contributed by atoms with van der Waals surface area (Å²) < 4.78 is 6.40. The first-order chi connectivity index (χ1) is 9.21. The van der Waals surface area contributed by atoms with Crippen molar-refractivity contribution in [2.45, 2.75) is 18.9 Å². The Hall–Kier alpha value is -1.80. The molecule has 2 N–H and O–H groups in total. The van der Waals surface area contributed by atoms with Gasteiger partial charge in [0.2, 0.25) is 0 Å². The number of benzene rings is 1. The second-order valence-electron chi connectivity index (χ2n) is 4.19. The first kappa shape index (κ1) is 13.6. The van der Waals surface area contributed by atoms with E-state index in [1.807, 2.05) is 18.2 Å². The monoisotopic (exact) mass is 319 g/mol. The third-order valence-electron chi connectivity index (χ3n) is 2.81. The average molecular weight is 320 g/mol. The summed E-state index contributed by atoms with van der Waals surface area (Å²) in [4.78, 5) is 4.19. The fraction of sp³-hybridized carbons (Fsp3) is 0.286. The number of hydrogen-bond donors (Lipinski definition) is 1. The van der Waals surface area contributed by atoms with Gasteiger partial charge in [-0.2, -0.15) is 5.26 Å². The molecule has 0 aliphatic heterocycles. The molecule has 0 saturated heterocycles. The van der Waals surface area contributed by atoms with E-state index in [1.54, 1.807) is 7.05 Å². The van der Waals surface area contributed by atoms with E-state index in [4.69, 9.17) is 10.5 Å². The summed E-state index contributed by atoms with van der Waals surface area (Å²) in [6, 6.07) is 7.71. The summed E-state index contributed by atoms with van der Waals surface area (Å²) in [5.74, 6) is 0.612. The zero-order valence-electron chi connectivity index (χ0n) is 10.6. The number of ether oxygens (including phenoxy) is 1. The predicted octanol–water partition coefficient (Wildman–Crippen LogP) is 2.71. The van der Waals surface area contributed by atoms with E-state index in [2.05, 4.69) is 27.0 Å². The summed E-state index contributed by atoms with van der Waals surface area (Å²) in [6.45, 7) is 0. The number of rotatable bonds is 4. The van der Waals surface area contributed by atoms with Crippen molar-refractivity contribution < 1.29 is 4.74 Å². The van der Waals surface area contributed by atoms with Gasteiger partial charge in [-0.05, 0) is 34.8 Å². The van der Waals surface area contributed by atoms with Crippen LogP contribution in [0.1, 0.15) is 24.0 Å². The number of halogens is 1. The van der Waals surface area contributed by atoms with Gasteiger partial charge in [-0.1, -0.05) is 12.1 Å². The topological polar surface area (TPSA) is 71.4 Å². The lowest BCUT2D eigenvalue weighted by Gasteiger charge is -2.11. The standard InChI is InChI=1S/C14H14BrN3O/c1-18-14(12(15)8-17)10-3-2-4-13(11(10)7-16)19-9-5-6-9/h2-4,8-9H,5-6,17H2,1H3/b12-8+,18-14?. The fourth-order valence-corrected chi connectivity index (χ4v) is 2.13. The van der Waals surface area contributed by atoms with Crippen LogP contribution in [0.15, 0.2) is 33.9 Å². The molecule has 1 aliphatic rings. The van der Waals surface area contributed by atoms with Crippen LogP contribution in [0, 0.1) is 11.3 Å². The second-order valence-corrected chi connectivity index (χ2v) is 5.05. The minimum Gasteiger partial charge on any atom is -0.489 e. The Morgan fingerprint density at radius 1 is 1.58 bits per heavy atom. The summed E-state index contributed by atoms with van der Waals surface area (Å²) >= 11 is 3.35. The van der Waals surface area contributed by atoms with Crippen LogP contribution in [0.2, 0.25) is 0 Å². The Morgan fingerprint density at radius 2 is 2.32 bits per heavy atom. The molecular weight excluding hydrogens is 306 g/mol. The predicted molar refractivity (Wildman–Crippen MR) is 78.5 cm³/mol. The molecule has 1 fully saturated rings. The minimum absolute atomic E-state index is 0.248. The van der Waals surface area contributed by atoms with Crippen molar-refractivity contribution in [3.8, 4) is 11.8 Å². The van der Waals surface area contributed by atoms with Crippen LogP contribution in [-0.2, 0) is 0 Å². The highest BCUT2D eigenvalue weighted by Crippen LogP contribution is 2.31. The summed E-state index contributed by atoms with van der Waals surface area (Å²) in [5.41, 5.74) is 7.35. The highest BCUT2D eigenvalue weighted by atomic mass is 79.9. The first-order valence-corrected chi connectivity index (χ1v) is 6.75. The highest BCUT2D eigenvalue weighted by molar-refractivity contribution is 9.12. The molecule has 4 nitrogen and oxygen atoms in total. The summed E-state index contributed by atoms with van der Waals surface area (Å²) in [6.07, 6.45) is 3.77. The van der Waals surface area contributed by atoms with E-state index in [0.717, 1.165) is 18.4 Å². The van der Waals surface area contributed by atoms with Gasteiger partial charge >= 0.3 is 0 Å². The molecule has 0 radical (unpaired) electrons. The molecular formula is C14H14BrN3O. The van der Waals surface area contributed by atoms with E-state index in [9.17, 15) is 5.26 Å². The van der Waals surface area contributed by atoms with Crippen molar-refractivity contribution in [2.24, 2.45) is 10.7 Å². The Balaban J connectivity index is 2.47. The molecule has 0 atom stereocenters. The lowest BCUT2D eigenvalue weighted by atomic mass is 10.0. The van der Waals surface area contributed by atoms with Gasteiger partial charge in [0.25, 0.3) is 0 Å². The van der Waals surface area contributed by atoms with E-state index < -0.39 is 0 Å². The maximum absolute atomic E-state index is 9.38. The SMILES string of the molecule is CN=C(/C(Br)=C\N)c1cccc(OC2CC2)c1C#N. The van der Waals surface area contributed by atoms with Gasteiger partial charge < -0.3 is 10.5 Å². The van der Waals surface area contributed by atoms with Crippen molar-refractivity contribution in [3.05, 3.63) is 40.0 Å². The number of nitriles is 1. The molecule has 0 heterocycles. The van der Waals surface area contributed by atoms with Crippen molar-refractivity contribution in [1.29, 1.82) is 5.26 Å². The number of allylic oxidation sites excluding steroid dienone is 1. The molecule has 0 unspecified atom stereocenters. The highest BCUT2D eigenvalue weighted by Gasteiger charge is 2.25. The van der Waals surface area contributed by atoms with Crippen LogP contribution >= 0.6 is 15.9 Å². The summed E-state index contributed by atoms with van der Waals surface area (Å²) in [5, 5.41) is 9.38. The lowest BCUT2D eigenvalue weighted by molar-refractivity contribution is 0.302. The Labute approximate surface area is 120 Å². The van der Waals surface area contributed by atoms with Gasteiger partial charge in [0.1, 0.15) is 17.4 Å². The van der Waals surface area contributed by atoms with Gasteiger partial charge in [0, 0.05) is 18.8 Å². The number of aliphatic imine (C=N–C) groups is 1. The number of nitrogens with zero attached hydrogens (tertiary/aromatic N) is 2. The maximum atomic E-state index is 9.38. The fourth-order valence-electron chi connectivity index (χ4n) is 1.74. The molecule has 98 valence electrons. The van der Waals surface area contributed by atoms with E-state index in [1.165, 1.54) is 6.20 Å². The largest absolute Gasteiger partial charge is 0.489 e. The normalized spacial score (nSPS) is 16.1. The molecule has 1 aromatic rings. The Morgan fingerprint density at radius 3 is 2.84 bits per heavy atom. The zero-order valence-corrected chi connectivity index (χ0v) is 12.1. The third-order valence-corrected chi connectivity index (χ3v) is 3.45. The number of hydrogen-bond acceptors (Lipinski definition) is 4. The average Bonchev–Trinajstić information content (AvgIpc) is 3.23. The van der Waals surface area contributed by atoms with Crippen LogP contribution in [0.4, 0.5) is 0 Å². The quantitative estimate of drug-likeness (QED) is 0.867. The molecule has 0 amide bonds. The van der Waals surface area contributed by atoms with Crippen molar-refractivity contribution in [3.63, 3.8) is 0 Å². The molecule has 2 rings (SSSR count). The third kappa shape index (κ3) is 2.96. The van der Waals surface area contributed by atoms with Crippen LogP contribution in [0.5, 0.6) is 5.75 Å². The molecule has 0 aromatic heterocycles. The number of nitrogens with two attached hydrogens (primary N) is 1. The van der Waals surface area contributed by atoms with Crippen LogP contribution < -0.4 is 10.5 Å². The van der Waals surface area contributed by atoms with Crippen LogP contribution in [0.25, 0.3) is 0 Å². The maximum Gasteiger partial charge on any atom is 0.138 e. The van der Waals surface area contributed by atoms with Gasteiger partial charge in [-0.3, -0.25) is 4.99 Å². The van der Waals surface area contributed by atoms with Crippen LogP contribution in [-0.4, -0.2) is 18.9 Å². The molecule has 0 spiro atoms. The minimum atomic E-state index is 0.248. The molecule has 1 saturated carbocycles. The van der Waals surface area contributed by atoms with E-state index in [0.29, 0.717) is 21.5 Å². The van der Waals surface area contributed by atoms with Crippen LogP contribution in [0.3, 0.4) is 0 Å². The lowest BCUT2D eigenvalue weighted by Crippen LogP contribution is -2.08. The van der Waals surface area contributed by atoms with Gasteiger partial charge in [0.15, 0.2) is 0 Å². The van der Waals surface area contributed by atoms with Gasteiger partial charge in [-0.15, -0.1) is 0 Å². The molecule has 1 aromatic carbocycles. The molecule has 5 heteroatoms. The van der Waals surface area contributed by atoms with Crippen molar-refractivity contribution in [2.75, 3.05) is 7.05 Å². The van der Waals surface area contributed by atoms with Crippen molar-refractivity contribution >= 4 is 21.6 Å². The molecule has 0 bridgehead atoms. The second kappa shape index (κ2) is 5.89. The Kier molecular flexibility index (Phi) is 4.23. The smallest absolute Gasteiger partial charge is 0.138 e. The molecule has 1 aliphatic carbocycles. The van der Waals surface area contributed by atoms with Gasteiger partial charge in [0.05, 0.1) is 16.3 Å². The first-order valence-electron chi connectivity index (χ1n) is 5.96. The van der Waals surface area contributed by atoms with Crippen molar-refractivity contribution in [1.82, 2.24) is 0 Å².